The summed E-state index contributed by atoms with van der Waals surface area (Å²) >= 11 is 0. The number of carbonyl (C=O) groups excluding carboxylic acids is 2. The fraction of sp³-hybridized carbons (Fsp3) is 0.133. The van der Waals surface area contributed by atoms with Crippen molar-refractivity contribution in [3.8, 4) is 5.88 Å². The Bertz CT molecular complexity index is 653. The number of amides is 2. The minimum absolute atomic E-state index is 0.144. The fourth-order valence-electron chi connectivity index (χ4n) is 1.68. The molecule has 7 heteroatoms. The summed E-state index contributed by atoms with van der Waals surface area (Å²) in [5, 5.41) is 5.14. The summed E-state index contributed by atoms with van der Waals surface area (Å²) in [5.74, 6) is -0.242. The van der Waals surface area contributed by atoms with Crippen molar-refractivity contribution in [1.29, 1.82) is 0 Å². The highest BCUT2D eigenvalue weighted by molar-refractivity contribution is 5.99. The van der Waals surface area contributed by atoms with Gasteiger partial charge in [-0.2, -0.15) is 0 Å². The van der Waals surface area contributed by atoms with Crippen LogP contribution in [0.15, 0.2) is 42.6 Å². The number of anilines is 2. The maximum atomic E-state index is 11.8. The minimum Gasteiger partial charge on any atom is -0.481 e. The number of pyridine rings is 1. The predicted octanol–water partition coefficient (Wildman–Crippen LogP) is 1.04. The molecular formula is C15H16N4O3. The van der Waals surface area contributed by atoms with E-state index in [9.17, 15) is 9.59 Å². The SMILES string of the molecule is COc1ccc(NC(=O)CNC(=O)c2ccc(N)cc2)cn1. The molecule has 114 valence electrons. The van der Waals surface area contributed by atoms with Gasteiger partial charge in [-0.25, -0.2) is 4.98 Å². The lowest BCUT2D eigenvalue weighted by Gasteiger charge is -2.07. The van der Waals surface area contributed by atoms with Crippen molar-refractivity contribution >= 4 is 23.2 Å². The van der Waals surface area contributed by atoms with Gasteiger partial charge in [0, 0.05) is 17.3 Å². The lowest BCUT2D eigenvalue weighted by Crippen LogP contribution is -2.32. The Labute approximate surface area is 127 Å². The van der Waals surface area contributed by atoms with Crippen LogP contribution in [0.1, 0.15) is 10.4 Å². The van der Waals surface area contributed by atoms with Crippen LogP contribution in [0.2, 0.25) is 0 Å². The van der Waals surface area contributed by atoms with Gasteiger partial charge < -0.3 is 21.1 Å². The van der Waals surface area contributed by atoms with Crippen LogP contribution < -0.4 is 21.1 Å². The Morgan fingerprint density at radius 3 is 2.50 bits per heavy atom. The average Bonchev–Trinajstić information content (AvgIpc) is 2.54. The molecule has 1 aromatic carbocycles. The van der Waals surface area contributed by atoms with E-state index in [0.717, 1.165) is 0 Å². The maximum Gasteiger partial charge on any atom is 0.251 e. The molecule has 0 aliphatic carbocycles. The van der Waals surface area contributed by atoms with E-state index in [-0.39, 0.29) is 18.4 Å². The van der Waals surface area contributed by atoms with Gasteiger partial charge in [0.25, 0.3) is 5.91 Å². The Balaban J connectivity index is 1.84. The smallest absolute Gasteiger partial charge is 0.251 e. The number of hydrogen-bond acceptors (Lipinski definition) is 5. The van der Waals surface area contributed by atoms with Gasteiger partial charge in [0.05, 0.1) is 25.5 Å². The molecule has 0 atom stereocenters. The van der Waals surface area contributed by atoms with Crippen LogP contribution in [-0.4, -0.2) is 30.5 Å². The van der Waals surface area contributed by atoms with E-state index in [0.29, 0.717) is 22.8 Å². The number of ether oxygens (including phenoxy) is 1. The first-order valence-corrected chi connectivity index (χ1v) is 6.52. The fourth-order valence-corrected chi connectivity index (χ4v) is 1.68. The molecule has 0 saturated carbocycles. The van der Waals surface area contributed by atoms with E-state index in [1.807, 2.05) is 0 Å². The number of rotatable bonds is 5. The van der Waals surface area contributed by atoms with Crippen molar-refractivity contribution in [3.63, 3.8) is 0 Å². The van der Waals surface area contributed by atoms with Gasteiger partial charge in [0.15, 0.2) is 0 Å². The number of aromatic nitrogens is 1. The van der Waals surface area contributed by atoms with Crippen molar-refractivity contribution in [2.75, 3.05) is 24.7 Å². The summed E-state index contributed by atoms with van der Waals surface area (Å²) in [6.45, 7) is -0.144. The molecule has 0 radical (unpaired) electrons. The first kappa shape index (κ1) is 15.3. The highest BCUT2D eigenvalue weighted by Gasteiger charge is 2.08. The van der Waals surface area contributed by atoms with E-state index in [4.69, 9.17) is 10.5 Å². The normalized spacial score (nSPS) is 9.86. The van der Waals surface area contributed by atoms with Crippen LogP contribution in [0.4, 0.5) is 11.4 Å². The Morgan fingerprint density at radius 2 is 1.91 bits per heavy atom. The standard InChI is InChI=1S/C15H16N4O3/c1-22-14-7-6-12(8-17-14)19-13(20)9-18-15(21)10-2-4-11(16)5-3-10/h2-8H,9,16H2,1H3,(H,18,21)(H,19,20). The van der Waals surface area contributed by atoms with Crippen molar-refractivity contribution in [2.24, 2.45) is 0 Å². The van der Waals surface area contributed by atoms with Crippen molar-refractivity contribution in [1.82, 2.24) is 10.3 Å². The number of hydrogen-bond donors (Lipinski definition) is 3. The number of nitrogen functional groups attached to an aromatic ring is 1. The molecule has 2 aromatic rings. The first-order valence-electron chi connectivity index (χ1n) is 6.52. The molecular weight excluding hydrogens is 284 g/mol. The molecule has 4 N–H and O–H groups in total. The Morgan fingerprint density at radius 1 is 1.18 bits per heavy atom. The van der Waals surface area contributed by atoms with Gasteiger partial charge in [0.1, 0.15) is 0 Å². The van der Waals surface area contributed by atoms with E-state index in [2.05, 4.69) is 15.6 Å². The third-order valence-electron chi connectivity index (χ3n) is 2.81. The van der Waals surface area contributed by atoms with Gasteiger partial charge in [0.2, 0.25) is 11.8 Å². The quantitative estimate of drug-likeness (QED) is 0.715. The number of nitrogens with two attached hydrogens (primary N) is 1. The number of nitrogens with one attached hydrogen (secondary N) is 2. The van der Waals surface area contributed by atoms with Crippen LogP contribution in [0.3, 0.4) is 0 Å². The molecule has 1 aromatic heterocycles. The molecule has 2 rings (SSSR count). The molecule has 0 fully saturated rings. The molecule has 2 amide bonds. The third-order valence-corrected chi connectivity index (χ3v) is 2.81. The van der Waals surface area contributed by atoms with Gasteiger partial charge in [-0.1, -0.05) is 0 Å². The second-order valence-electron chi connectivity index (χ2n) is 4.44. The third kappa shape index (κ3) is 4.20. The molecule has 0 aliphatic heterocycles. The van der Waals surface area contributed by atoms with Crippen LogP contribution in [0.5, 0.6) is 5.88 Å². The van der Waals surface area contributed by atoms with E-state index >= 15 is 0 Å². The zero-order chi connectivity index (χ0) is 15.9. The van der Waals surface area contributed by atoms with Crippen LogP contribution in [0, 0.1) is 0 Å². The molecule has 0 saturated heterocycles. The zero-order valence-corrected chi connectivity index (χ0v) is 12.0. The number of nitrogens with zero attached hydrogens (tertiary/aromatic N) is 1. The van der Waals surface area contributed by atoms with Gasteiger partial charge in [-0.3, -0.25) is 9.59 Å². The molecule has 7 nitrogen and oxygen atoms in total. The molecule has 0 unspecified atom stereocenters. The van der Waals surface area contributed by atoms with E-state index in [1.54, 1.807) is 36.4 Å². The second-order valence-corrected chi connectivity index (χ2v) is 4.44. The largest absolute Gasteiger partial charge is 0.481 e. The lowest BCUT2D eigenvalue weighted by molar-refractivity contribution is -0.115. The number of benzene rings is 1. The summed E-state index contributed by atoms with van der Waals surface area (Å²) < 4.78 is 4.92. The zero-order valence-electron chi connectivity index (χ0n) is 12.0. The Kier molecular flexibility index (Phi) is 4.92. The van der Waals surface area contributed by atoms with Gasteiger partial charge >= 0.3 is 0 Å². The molecule has 0 spiro atoms. The van der Waals surface area contributed by atoms with Crippen molar-refractivity contribution in [2.45, 2.75) is 0 Å². The molecule has 1 heterocycles. The topological polar surface area (TPSA) is 106 Å². The highest BCUT2D eigenvalue weighted by atomic mass is 16.5. The van der Waals surface area contributed by atoms with E-state index in [1.165, 1.54) is 13.3 Å². The summed E-state index contributed by atoms with van der Waals surface area (Å²) in [6.07, 6.45) is 1.47. The van der Waals surface area contributed by atoms with E-state index < -0.39 is 0 Å². The van der Waals surface area contributed by atoms with Crippen LogP contribution >= 0.6 is 0 Å². The minimum atomic E-state index is -0.351. The second kappa shape index (κ2) is 7.07. The van der Waals surface area contributed by atoms with Crippen LogP contribution in [0.25, 0.3) is 0 Å². The monoisotopic (exact) mass is 300 g/mol. The van der Waals surface area contributed by atoms with Crippen LogP contribution in [-0.2, 0) is 4.79 Å². The van der Waals surface area contributed by atoms with Gasteiger partial charge in [-0.15, -0.1) is 0 Å². The summed E-state index contributed by atoms with van der Waals surface area (Å²) in [5.41, 5.74) is 7.07. The summed E-state index contributed by atoms with van der Waals surface area (Å²) in [7, 11) is 1.51. The number of carbonyl (C=O) groups is 2. The highest BCUT2D eigenvalue weighted by Crippen LogP contribution is 2.10. The van der Waals surface area contributed by atoms with Crippen molar-refractivity contribution < 1.29 is 14.3 Å². The summed E-state index contributed by atoms with van der Waals surface area (Å²) in [4.78, 5) is 27.6. The van der Waals surface area contributed by atoms with Gasteiger partial charge in [-0.05, 0) is 30.3 Å². The lowest BCUT2D eigenvalue weighted by atomic mass is 10.2. The van der Waals surface area contributed by atoms with Crippen molar-refractivity contribution in [3.05, 3.63) is 48.2 Å². The first-order chi connectivity index (χ1) is 10.6. The Hall–Kier alpha value is -3.09. The average molecular weight is 300 g/mol. The molecule has 0 bridgehead atoms. The number of methoxy groups -OCH3 is 1. The maximum absolute atomic E-state index is 11.8. The summed E-state index contributed by atoms with van der Waals surface area (Å²) in [6, 6.07) is 9.72. The predicted molar refractivity (Wildman–Crippen MR) is 82.6 cm³/mol. The molecule has 22 heavy (non-hydrogen) atoms. The molecule has 0 aliphatic rings.